The van der Waals surface area contributed by atoms with Crippen LogP contribution in [0.25, 0.3) is 0 Å². The zero-order valence-electron chi connectivity index (χ0n) is 18.1. The van der Waals surface area contributed by atoms with Crippen molar-refractivity contribution in [3.8, 4) is 0 Å². The number of hydrogen-bond acceptors (Lipinski definition) is 6. The highest BCUT2D eigenvalue weighted by atomic mass is 19.4. The van der Waals surface area contributed by atoms with E-state index < -0.39 is 12.1 Å². The van der Waals surface area contributed by atoms with E-state index in [9.17, 15) is 18.0 Å². The monoisotopic (exact) mass is 466 g/mol. The lowest BCUT2D eigenvalue weighted by atomic mass is 9.81. The van der Waals surface area contributed by atoms with Gasteiger partial charge < -0.3 is 14.7 Å². The SMILES string of the molecule is Cc1ccncc1COC[C@@]12CCC[C@@H]1CN(C(=O)c1ccncn1)C2.O=C(O)C(F)(F)F. The van der Waals surface area contributed by atoms with E-state index in [0.29, 0.717) is 24.8 Å². The van der Waals surface area contributed by atoms with E-state index in [1.807, 2.05) is 17.2 Å². The molecule has 0 bridgehead atoms. The standard InChI is InChI=1S/C20H24N4O2.C2HF3O2/c1-15-4-7-21-9-16(15)11-26-13-20-6-2-3-17(20)10-24(12-20)19(25)18-5-8-22-14-23-18;3-2(4,5)1(6)7/h4-5,7-9,14,17H,2-3,6,10-13H2,1H3;(H,6,7)/t17-,20+;/m1./s1. The number of carboxylic acid groups (broad SMARTS) is 1. The number of hydrogen-bond donors (Lipinski definition) is 1. The zero-order chi connectivity index (χ0) is 24.1. The molecule has 0 aromatic carbocycles. The lowest BCUT2D eigenvalue weighted by molar-refractivity contribution is -0.192. The van der Waals surface area contributed by atoms with Gasteiger partial charge in [-0.3, -0.25) is 9.78 Å². The number of fused-ring (bicyclic) bond motifs is 1. The Bertz CT molecular complexity index is 974. The van der Waals surface area contributed by atoms with Crippen LogP contribution in [0.1, 0.15) is 40.9 Å². The lowest BCUT2D eigenvalue weighted by Gasteiger charge is -2.28. The van der Waals surface area contributed by atoms with Crippen molar-refractivity contribution in [2.24, 2.45) is 11.3 Å². The summed E-state index contributed by atoms with van der Waals surface area (Å²) >= 11 is 0. The van der Waals surface area contributed by atoms with Crippen LogP contribution in [0.15, 0.2) is 37.1 Å². The maximum absolute atomic E-state index is 12.7. The molecule has 1 saturated carbocycles. The predicted octanol–water partition coefficient (Wildman–Crippen LogP) is 3.27. The highest BCUT2D eigenvalue weighted by molar-refractivity contribution is 5.92. The van der Waals surface area contributed by atoms with Gasteiger partial charge in [-0.2, -0.15) is 13.2 Å². The van der Waals surface area contributed by atoms with E-state index in [1.165, 1.54) is 24.7 Å². The van der Waals surface area contributed by atoms with Crippen molar-refractivity contribution in [1.29, 1.82) is 0 Å². The van der Waals surface area contributed by atoms with Gasteiger partial charge >= 0.3 is 12.1 Å². The maximum atomic E-state index is 12.7. The number of alkyl halides is 3. The Balaban J connectivity index is 0.000000383. The first-order chi connectivity index (χ1) is 15.6. The van der Waals surface area contributed by atoms with Crippen molar-refractivity contribution in [3.05, 3.63) is 53.9 Å². The second-order valence-corrected chi connectivity index (χ2v) is 8.33. The van der Waals surface area contributed by atoms with E-state index in [2.05, 4.69) is 21.9 Å². The van der Waals surface area contributed by atoms with Gasteiger partial charge in [0.2, 0.25) is 0 Å². The summed E-state index contributed by atoms with van der Waals surface area (Å²) in [7, 11) is 0. The van der Waals surface area contributed by atoms with Gasteiger partial charge in [0.25, 0.3) is 5.91 Å². The maximum Gasteiger partial charge on any atom is 0.490 e. The van der Waals surface area contributed by atoms with Crippen LogP contribution in [0.5, 0.6) is 0 Å². The summed E-state index contributed by atoms with van der Waals surface area (Å²) in [5.74, 6) is -2.24. The minimum absolute atomic E-state index is 0.00396. The smallest absolute Gasteiger partial charge is 0.475 e. The molecule has 8 nitrogen and oxygen atoms in total. The van der Waals surface area contributed by atoms with E-state index in [0.717, 1.165) is 25.1 Å². The summed E-state index contributed by atoms with van der Waals surface area (Å²) in [5, 5.41) is 7.12. The van der Waals surface area contributed by atoms with Crippen LogP contribution in [0.4, 0.5) is 13.2 Å². The van der Waals surface area contributed by atoms with Gasteiger partial charge in [0, 0.05) is 37.1 Å². The largest absolute Gasteiger partial charge is 0.490 e. The number of pyridine rings is 1. The third-order valence-electron chi connectivity index (χ3n) is 6.17. The minimum atomic E-state index is -5.08. The van der Waals surface area contributed by atoms with Gasteiger partial charge in [-0.25, -0.2) is 14.8 Å². The summed E-state index contributed by atoms with van der Waals surface area (Å²) in [6.07, 6.45) is 5.15. The third kappa shape index (κ3) is 6.04. The molecule has 2 atom stereocenters. The van der Waals surface area contributed by atoms with E-state index in [-0.39, 0.29) is 11.3 Å². The van der Waals surface area contributed by atoms with Gasteiger partial charge in [-0.1, -0.05) is 6.42 Å². The zero-order valence-corrected chi connectivity index (χ0v) is 18.1. The Morgan fingerprint density at radius 1 is 1.27 bits per heavy atom. The molecule has 11 heteroatoms. The fraction of sp³-hybridized carbons (Fsp3) is 0.500. The lowest BCUT2D eigenvalue weighted by Crippen LogP contribution is -2.35. The quantitative estimate of drug-likeness (QED) is 0.721. The van der Waals surface area contributed by atoms with E-state index in [1.54, 1.807) is 18.5 Å². The normalized spacial score (nSPS) is 21.8. The van der Waals surface area contributed by atoms with Crippen LogP contribution < -0.4 is 0 Å². The molecule has 178 valence electrons. The van der Waals surface area contributed by atoms with Gasteiger partial charge in [0.15, 0.2) is 0 Å². The van der Waals surface area contributed by atoms with Crippen LogP contribution >= 0.6 is 0 Å². The summed E-state index contributed by atoms with van der Waals surface area (Å²) < 4.78 is 37.9. The molecule has 1 N–H and O–H groups in total. The molecule has 1 amide bonds. The number of carbonyl (C=O) groups excluding carboxylic acids is 1. The van der Waals surface area contributed by atoms with Crippen LogP contribution in [0, 0.1) is 18.3 Å². The molecular formula is C22H25F3N4O4. The van der Waals surface area contributed by atoms with Crippen molar-refractivity contribution in [2.75, 3.05) is 19.7 Å². The van der Waals surface area contributed by atoms with Crippen LogP contribution in [0.2, 0.25) is 0 Å². The third-order valence-corrected chi connectivity index (χ3v) is 6.17. The summed E-state index contributed by atoms with van der Waals surface area (Å²) in [4.78, 5) is 35.8. The molecule has 0 radical (unpaired) electrons. The van der Waals surface area contributed by atoms with E-state index >= 15 is 0 Å². The molecule has 0 spiro atoms. The highest BCUT2D eigenvalue weighted by Crippen LogP contribution is 2.49. The first kappa shape index (κ1) is 24.6. The number of aryl methyl sites for hydroxylation is 1. The summed E-state index contributed by atoms with van der Waals surface area (Å²) in [6.45, 7) is 4.91. The average molecular weight is 466 g/mol. The number of aromatic nitrogens is 3. The van der Waals surface area contributed by atoms with Gasteiger partial charge in [0.1, 0.15) is 12.0 Å². The van der Waals surface area contributed by atoms with E-state index in [4.69, 9.17) is 14.6 Å². The molecule has 4 rings (SSSR count). The molecule has 2 aliphatic rings. The van der Waals surface area contributed by atoms with Crippen LogP contribution in [-0.2, 0) is 16.1 Å². The number of rotatable bonds is 5. The molecule has 2 aromatic heterocycles. The fourth-order valence-electron chi connectivity index (χ4n) is 4.40. The summed E-state index contributed by atoms with van der Waals surface area (Å²) in [5.41, 5.74) is 2.89. The van der Waals surface area contributed by atoms with Crippen molar-refractivity contribution >= 4 is 11.9 Å². The Morgan fingerprint density at radius 2 is 2.00 bits per heavy atom. The molecule has 33 heavy (non-hydrogen) atoms. The van der Waals surface area contributed by atoms with Crippen molar-refractivity contribution in [3.63, 3.8) is 0 Å². The molecule has 2 aromatic rings. The molecule has 1 aliphatic heterocycles. The number of likely N-dealkylation sites (tertiary alicyclic amines) is 1. The first-order valence-corrected chi connectivity index (χ1v) is 10.4. The molecule has 0 unspecified atom stereocenters. The Hall–Kier alpha value is -3.08. The Kier molecular flexibility index (Phi) is 7.62. The second kappa shape index (κ2) is 10.2. The second-order valence-electron chi connectivity index (χ2n) is 8.33. The molecular weight excluding hydrogens is 441 g/mol. The summed E-state index contributed by atoms with van der Waals surface area (Å²) in [6, 6.07) is 3.69. The topological polar surface area (TPSA) is 106 Å². The van der Waals surface area contributed by atoms with Crippen molar-refractivity contribution in [1.82, 2.24) is 19.9 Å². The van der Waals surface area contributed by atoms with Gasteiger partial charge in [-0.05, 0) is 48.9 Å². The highest BCUT2D eigenvalue weighted by Gasteiger charge is 2.51. The number of carboxylic acids is 1. The van der Waals surface area contributed by atoms with Crippen molar-refractivity contribution in [2.45, 2.75) is 39.0 Å². The van der Waals surface area contributed by atoms with Crippen molar-refractivity contribution < 1.29 is 32.6 Å². The first-order valence-electron chi connectivity index (χ1n) is 10.4. The molecule has 2 fully saturated rings. The van der Waals surface area contributed by atoms with Gasteiger partial charge in [-0.15, -0.1) is 0 Å². The number of amides is 1. The Morgan fingerprint density at radius 3 is 2.64 bits per heavy atom. The minimum Gasteiger partial charge on any atom is -0.475 e. The molecule has 1 aliphatic carbocycles. The molecule has 3 heterocycles. The van der Waals surface area contributed by atoms with Crippen LogP contribution in [0.3, 0.4) is 0 Å². The molecule has 1 saturated heterocycles. The number of halogens is 3. The number of nitrogens with zero attached hydrogens (tertiary/aromatic N) is 4. The van der Waals surface area contributed by atoms with Gasteiger partial charge in [0.05, 0.1) is 13.2 Å². The average Bonchev–Trinajstić information content (AvgIpc) is 3.32. The predicted molar refractivity (Wildman–Crippen MR) is 110 cm³/mol. The fourth-order valence-corrected chi connectivity index (χ4v) is 4.40. The van der Waals surface area contributed by atoms with Crippen LogP contribution in [-0.4, -0.2) is 62.7 Å². The number of carbonyl (C=O) groups is 2. The number of aliphatic carboxylic acids is 1. The Labute approximate surface area is 188 Å². The number of ether oxygens (including phenoxy) is 1.